The minimum atomic E-state index is -2.42. The van der Waals surface area contributed by atoms with Gasteiger partial charge in [-0.15, -0.1) is 14.0 Å². The average molecular weight is 383 g/mol. The Morgan fingerprint density at radius 3 is 1.04 bits per heavy atom. The van der Waals surface area contributed by atoms with E-state index in [1.54, 1.807) is 0 Å². The molecule has 0 saturated carbocycles. The first-order valence-electron chi connectivity index (χ1n) is 7.69. The van der Waals surface area contributed by atoms with Crippen molar-refractivity contribution in [2.45, 2.75) is 0 Å². The van der Waals surface area contributed by atoms with E-state index in [0.29, 0.717) is 5.03 Å². The van der Waals surface area contributed by atoms with Gasteiger partial charge in [-0.2, -0.15) is 0 Å². The van der Waals surface area contributed by atoms with E-state index in [1.165, 1.54) is 0 Å². The van der Waals surface area contributed by atoms with Crippen LogP contribution in [0.3, 0.4) is 0 Å². The van der Waals surface area contributed by atoms with Gasteiger partial charge in [0.2, 0.25) is 0 Å². The van der Waals surface area contributed by atoms with E-state index in [2.05, 4.69) is 28.0 Å². The topological polar surface area (TPSA) is 56.7 Å². The van der Waals surface area contributed by atoms with E-state index in [-0.39, 0.29) is 0 Å². The van der Waals surface area contributed by atoms with Gasteiger partial charge in [0.15, 0.2) is 0 Å². The van der Waals surface area contributed by atoms with Gasteiger partial charge in [-0.25, -0.2) is 4.79 Å². The largest absolute Gasteiger partial charge is 0.475 e. The first-order chi connectivity index (χ1) is 10.7. The quantitative estimate of drug-likeness (QED) is 0.626. The predicted molar refractivity (Wildman–Crippen MR) is 109 cm³/mol. The zero-order valence-corrected chi connectivity index (χ0v) is 19.2. The molecule has 0 fully saturated rings. The Bertz CT molecular complexity index is 453. The van der Waals surface area contributed by atoms with Gasteiger partial charge >= 0.3 is 5.97 Å². The van der Waals surface area contributed by atoms with Crippen molar-refractivity contribution < 1.29 is 9.90 Å². The molecule has 1 N–H and O–H groups in total. The summed E-state index contributed by atoms with van der Waals surface area (Å²) in [6.07, 6.45) is 0. The fraction of sp³-hybridized carbons (Fsp3) is 0.857. The number of carboxylic acids is 1. The molecule has 0 aliphatic rings. The maximum atomic E-state index is 12.7. The van der Waals surface area contributed by atoms with Crippen molar-refractivity contribution in [3.8, 4) is 0 Å². The van der Waals surface area contributed by atoms with E-state index in [9.17, 15) is 9.90 Å². The molecule has 0 radical (unpaired) electrons. The highest BCUT2D eigenvalue weighted by Crippen LogP contribution is 2.73. The Labute approximate surface area is 149 Å². The normalized spacial score (nSPS) is 13.9. The highest BCUT2D eigenvalue weighted by molar-refractivity contribution is 8.01. The summed E-state index contributed by atoms with van der Waals surface area (Å²) in [5.74, 6) is -0.844. The third-order valence-electron chi connectivity index (χ3n) is 4.11. The van der Waals surface area contributed by atoms with Crippen molar-refractivity contribution in [1.82, 2.24) is 28.0 Å². The van der Waals surface area contributed by atoms with Gasteiger partial charge in [0.1, 0.15) is 7.34 Å². The molecule has 0 aromatic carbocycles. The number of rotatable bonds is 8. The molecule has 0 aromatic heterocycles. The monoisotopic (exact) mass is 383 g/mol. The van der Waals surface area contributed by atoms with Crippen LogP contribution in [0.15, 0.2) is 0 Å². The second-order valence-corrected chi connectivity index (χ2v) is 15.2. The zero-order chi connectivity index (χ0) is 19.6. The summed E-state index contributed by atoms with van der Waals surface area (Å²) in [4.78, 5) is 12.7. The van der Waals surface area contributed by atoms with Crippen LogP contribution in [0.4, 0.5) is 0 Å². The molecule has 10 heteroatoms. The molecule has 0 heterocycles. The fourth-order valence-corrected chi connectivity index (χ4v) is 15.5. The molecule has 144 valence electrons. The van der Waals surface area contributed by atoms with E-state index in [4.69, 9.17) is 0 Å². The molecule has 0 spiro atoms. The molecule has 0 aliphatic heterocycles. The van der Waals surface area contributed by atoms with Crippen LogP contribution < -0.4 is 0 Å². The van der Waals surface area contributed by atoms with Crippen molar-refractivity contribution in [1.29, 1.82) is 0 Å². The molecular formula is C14H37N6O2P2+. The summed E-state index contributed by atoms with van der Waals surface area (Å²) < 4.78 is 12.4. The van der Waals surface area contributed by atoms with Crippen molar-refractivity contribution in [3.05, 3.63) is 0 Å². The number of carbonyl (C=O) groups is 1. The number of carboxylic acid groups (broad SMARTS) is 1. The molecule has 8 nitrogen and oxygen atoms in total. The van der Waals surface area contributed by atoms with Crippen LogP contribution in [0.5, 0.6) is 0 Å². The van der Waals surface area contributed by atoms with E-state index < -0.39 is 21.0 Å². The standard InChI is InChI=1S/C14H36N6O2P2/c1-15(2)23(16(3)4,17(5)6)14(13(21)22)24(18(7)8,19(9)10)20(11)12/h1-12H3/p+1. The second kappa shape index (κ2) is 8.56. The minimum absolute atomic E-state index is 0.551. The Balaban J connectivity index is 7.60. The first kappa shape index (κ1) is 24.0. The van der Waals surface area contributed by atoms with Gasteiger partial charge in [0.05, 0.1) is 0 Å². The molecule has 0 rings (SSSR count). The molecular weight excluding hydrogens is 346 g/mol. The lowest BCUT2D eigenvalue weighted by atomic mass is 10.8. The summed E-state index contributed by atoms with van der Waals surface area (Å²) >= 11 is 0. The molecule has 24 heavy (non-hydrogen) atoms. The fourth-order valence-electron chi connectivity index (χ4n) is 3.72. The molecule has 0 aliphatic carbocycles. The van der Waals surface area contributed by atoms with Crippen LogP contribution in [0.2, 0.25) is 0 Å². The summed E-state index contributed by atoms with van der Waals surface area (Å²) in [7, 11) is 18.7. The summed E-state index contributed by atoms with van der Waals surface area (Å²) in [5.41, 5.74) is 0. The van der Waals surface area contributed by atoms with Crippen molar-refractivity contribution >= 4 is 26.1 Å². The summed E-state index contributed by atoms with van der Waals surface area (Å²) in [5, 5.41) is 10.9. The number of hydrogen-bond acceptors (Lipinski definition) is 7. The first-order valence-corrected chi connectivity index (χ1v) is 11.0. The van der Waals surface area contributed by atoms with Gasteiger partial charge in [-0.1, -0.05) is 0 Å². The van der Waals surface area contributed by atoms with Gasteiger partial charge < -0.3 is 5.11 Å². The molecule has 0 aromatic rings. The second-order valence-electron chi connectivity index (χ2n) is 6.85. The molecule has 0 unspecified atom stereocenters. The Morgan fingerprint density at radius 2 is 0.917 bits per heavy atom. The van der Waals surface area contributed by atoms with Gasteiger partial charge in [-0.3, -0.25) is 14.0 Å². The predicted octanol–water partition coefficient (Wildman–Crippen LogP) is 1.10. The van der Waals surface area contributed by atoms with Gasteiger partial charge in [0.25, 0.3) is 12.7 Å². The maximum absolute atomic E-state index is 12.7. The third-order valence-corrected chi connectivity index (χ3v) is 13.9. The van der Waals surface area contributed by atoms with Gasteiger partial charge in [0, 0.05) is 42.3 Å². The SMILES string of the molecule is CN(C)P(=C(C(=O)O)[P+](N(C)C)(N(C)C)N(C)C)(N(C)C)N(C)C. The lowest BCUT2D eigenvalue weighted by Crippen LogP contribution is -2.47. The number of aliphatic carboxylic acids is 1. The minimum Gasteiger partial charge on any atom is -0.475 e. The Morgan fingerprint density at radius 1 is 0.667 bits per heavy atom. The smallest absolute Gasteiger partial charge is 0.380 e. The Kier molecular flexibility index (Phi) is 8.55. The lowest BCUT2D eigenvalue weighted by molar-refractivity contribution is -0.128. The van der Waals surface area contributed by atoms with Crippen molar-refractivity contribution in [3.63, 3.8) is 0 Å². The zero-order valence-electron chi connectivity index (χ0n) is 17.4. The van der Waals surface area contributed by atoms with Crippen LogP contribution in [0, 0.1) is 0 Å². The maximum Gasteiger partial charge on any atom is 0.380 e. The van der Waals surface area contributed by atoms with Crippen molar-refractivity contribution in [2.75, 3.05) is 84.6 Å². The number of nitrogens with zero attached hydrogens (tertiary/aromatic N) is 6. The third kappa shape index (κ3) is 3.57. The summed E-state index contributed by atoms with van der Waals surface area (Å²) in [6.45, 7) is 0. The average Bonchev–Trinajstić information content (AvgIpc) is 2.35. The van der Waals surface area contributed by atoms with Crippen LogP contribution in [0.1, 0.15) is 0 Å². The molecule has 0 atom stereocenters. The van der Waals surface area contributed by atoms with Crippen LogP contribution in [-0.4, -0.2) is 129 Å². The van der Waals surface area contributed by atoms with E-state index >= 15 is 0 Å². The molecule has 0 bridgehead atoms. The van der Waals surface area contributed by atoms with Crippen LogP contribution in [-0.2, 0) is 4.79 Å². The highest BCUT2D eigenvalue weighted by atomic mass is 31.2. The van der Waals surface area contributed by atoms with E-state index in [0.717, 1.165) is 0 Å². The lowest BCUT2D eigenvalue weighted by Gasteiger charge is -2.48. The van der Waals surface area contributed by atoms with E-state index in [1.807, 2.05) is 84.6 Å². The molecule has 0 saturated heterocycles. The molecule has 0 amide bonds. The van der Waals surface area contributed by atoms with Crippen LogP contribution in [0.25, 0.3) is 0 Å². The van der Waals surface area contributed by atoms with Gasteiger partial charge in [-0.05, 0) is 42.3 Å². The van der Waals surface area contributed by atoms with Crippen LogP contribution >= 0.6 is 15.1 Å². The summed E-state index contributed by atoms with van der Waals surface area (Å²) in [6, 6.07) is 0. The Hall–Kier alpha value is -0.0400. The van der Waals surface area contributed by atoms with Crippen molar-refractivity contribution in [2.24, 2.45) is 0 Å². The highest BCUT2D eigenvalue weighted by Gasteiger charge is 2.61. The number of hydrogen-bond donors (Lipinski definition) is 1.